The van der Waals surface area contributed by atoms with Gasteiger partial charge in [-0.05, 0) is 55.3 Å². The minimum absolute atomic E-state index is 0.282. The summed E-state index contributed by atoms with van der Waals surface area (Å²) < 4.78 is 5.11. The minimum Gasteiger partial charge on any atom is -0.497 e. The molecular weight excluding hydrogens is 328 g/mol. The van der Waals surface area contributed by atoms with Gasteiger partial charge in [-0.3, -0.25) is 4.79 Å². The van der Waals surface area contributed by atoms with Crippen LogP contribution in [0.4, 0.5) is 17.3 Å². The van der Waals surface area contributed by atoms with Gasteiger partial charge < -0.3 is 15.4 Å². The summed E-state index contributed by atoms with van der Waals surface area (Å²) in [6, 6.07) is 14.7. The summed E-state index contributed by atoms with van der Waals surface area (Å²) in [6.45, 7) is 4.02. The Morgan fingerprint density at radius 2 is 1.69 bits per heavy atom. The van der Waals surface area contributed by atoms with Gasteiger partial charge in [-0.25, -0.2) is 9.97 Å². The molecule has 0 unspecified atom stereocenters. The molecule has 0 atom stereocenters. The van der Waals surface area contributed by atoms with Crippen LogP contribution < -0.4 is 15.4 Å². The zero-order valence-electron chi connectivity index (χ0n) is 14.9. The summed E-state index contributed by atoms with van der Waals surface area (Å²) in [5.74, 6) is 0.803. The van der Waals surface area contributed by atoms with E-state index < -0.39 is 0 Å². The van der Waals surface area contributed by atoms with Gasteiger partial charge >= 0.3 is 0 Å². The predicted octanol–water partition coefficient (Wildman–Crippen LogP) is 4.10. The van der Waals surface area contributed by atoms with E-state index in [1.54, 1.807) is 43.6 Å². The molecule has 0 aliphatic rings. The molecule has 0 aliphatic heterocycles. The average molecular weight is 348 g/mol. The molecule has 0 aliphatic carbocycles. The number of ether oxygens (including phenoxy) is 1. The molecule has 3 aromatic rings. The number of carbonyl (C=O) groups excluding carboxylic acids is 1. The van der Waals surface area contributed by atoms with E-state index >= 15 is 0 Å². The lowest BCUT2D eigenvalue weighted by atomic mass is 10.1. The van der Waals surface area contributed by atoms with Gasteiger partial charge in [0.25, 0.3) is 5.91 Å². The third-order valence-corrected chi connectivity index (χ3v) is 3.95. The maximum atomic E-state index is 12.4. The Bertz CT molecular complexity index is 903. The molecule has 2 aromatic carbocycles. The molecule has 6 nitrogen and oxygen atoms in total. The van der Waals surface area contributed by atoms with Crippen molar-refractivity contribution >= 4 is 23.2 Å². The highest BCUT2D eigenvalue weighted by molar-refractivity contribution is 6.03. The summed E-state index contributed by atoms with van der Waals surface area (Å²) in [5.41, 5.74) is 4.06. The Hall–Kier alpha value is -3.41. The van der Waals surface area contributed by atoms with Crippen LogP contribution >= 0.6 is 0 Å². The van der Waals surface area contributed by atoms with E-state index in [-0.39, 0.29) is 11.6 Å². The molecule has 1 aromatic heterocycles. The largest absolute Gasteiger partial charge is 0.497 e. The molecule has 6 heteroatoms. The van der Waals surface area contributed by atoms with E-state index in [2.05, 4.69) is 20.6 Å². The fourth-order valence-electron chi connectivity index (χ4n) is 2.54. The number of anilines is 3. The molecule has 2 N–H and O–H groups in total. The number of hydrogen-bond acceptors (Lipinski definition) is 5. The van der Waals surface area contributed by atoms with E-state index in [1.165, 1.54) is 0 Å². The molecular formula is C20H20N4O2. The smallest absolute Gasteiger partial charge is 0.274 e. The number of hydrogen-bond donors (Lipinski definition) is 2. The van der Waals surface area contributed by atoms with Crippen LogP contribution in [-0.2, 0) is 0 Å². The highest BCUT2D eigenvalue weighted by Gasteiger charge is 2.11. The van der Waals surface area contributed by atoms with E-state index in [1.807, 2.05) is 32.0 Å². The second-order valence-electron chi connectivity index (χ2n) is 5.84. The first-order valence-electron chi connectivity index (χ1n) is 8.18. The van der Waals surface area contributed by atoms with Crippen LogP contribution in [0.5, 0.6) is 5.75 Å². The fraction of sp³-hybridized carbons (Fsp3) is 0.150. The molecule has 1 amide bonds. The molecule has 1 heterocycles. The van der Waals surface area contributed by atoms with E-state index in [0.29, 0.717) is 11.6 Å². The van der Waals surface area contributed by atoms with Crippen LogP contribution in [0.25, 0.3) is 0 Å². The number of nitrogens with one attached hydrogen (secondary N) is 2. The third kappa shape index (κ3) is 3.97. The lowest BCUT2D eigenvalue weighted by molar-refractivity contribution is 0.102. The molecule has 0 bridgehead atoms. The predicted molar refractivity (Wildman–Crippen MR) is 102 cm³/mol. The molecule has 0 saturated carbocycles. The Labute approximate surface area is 152 Å². The standard InChI is InChI=1S/C20H20N4O2/c1-13-5-4-6-14(2)18(13)24-20-21-12-11-17(23-20)19(25)22-15-7-9-16(26-3)10-8-15/h4-12H,1-3H3,(H,22,25)(H,21,23,24). The molecule has 26 heavy (non-hydrogen) atoms. The van der Waals surface area contributed by atoms with Gasteiger partial charge in [-0.2, -0.15) is 0 Å². The first kappa shape index (κ1) is 17.4. The lowest BCUT2D eigenvalue weighted by Crippen LogP contribution is -2.15. The van der Waals surface area contributed by atoms with Gasteiger partial charge in [0.05, 0.1) is 7.11 Å². The highest BCUT2D eigenvalue weighted by Crippen LogP contribution is 2.22. The van der Waals surface area contributed by atoms with Crippen LogP contribution in [0.3, 0.4) is 0 Å². The first-order valence-corrected chi connectivity index (χ1v) is 8.18. The van der Waals surface area contributed by atoms with E-state index in [4.69, 9.17) is 4.74 Å². The molecule has 0 saturated heterocycles. The molecule has 0 spiro atoms. The van der Waals surface area contributed by atoms with Gasteiger partial charge in [0.2, 0.25) is 5.95 Å². The third-order valence-electron chi connectivity index (χ3n) is 3.95. The lowest BCUT2D eigenvalue weighted by Gasteiger charge is -2.12. The normalized spacial score (nSPS) is 10.3. The van der Waals surface area contributed by atoms with Gasteiger partial charge in [-0.1, -0.05) is 18.2 Å². The summed E-state index contributed by atoms with van der Waals surface area (Å²) >= 11 is 0. The number of para-hydroxylation sites is 1. The second kappa shape index (κ2) is 7.65. The number of methoxy groups -OCH3 is 1. The summed E-state index contributed by atoms with van der Waals surface area (Å²) in [4.78, 5) is 21.0. The van der Waals surface area contributed by atoms with Gasteiger partial charge in [0.15, 0.2) is 0 Å². The van der Waals surface area contributed by atoms with Crippen molar-refractivity contribution < 1.29 is 9.53 Å². The summed E-state index contributed by atoms with van der Waals surface area (Å²) in [5, 5.41) is 6.01. The Kier molecular flexibility index (Phi) is 5.12. The number of aromatic nitrogens is 2. The fourth-order valence-corrected chi connectivity index (χ4v) is 2.54. The maximum Gasteiger partial charge on any atom is 0.274 e. The van der Waals surface area contributed by atoms with Crippen LogP contribution in [0.1, 0.15) is 21.6 Å². The summed E-state index contributed by atoms with van der Waals surface area (Å²) in [7, 11) is 1.60. The van der Waals surface area contributed by atoms with Crippen LogP contribution in [0.2, 0.25) is 0 Å². The number of nitrogens with zero attached hydrogens (tertiary/aromatic N) is 2. The van der Waals surface area contributed by atoms with Crippen molar-refractivity contribution in [3.8, 4) is 5.75 Å². The van der Waals surface area contributed by atoms with E-state index in [0.717, 1.165) is 22.6 Å². The van der Waals surface area contributed by atoms with Crippen LogP contribution in [-0.4, -0.2) is 23.0 Å². The number of aryl methyl sites for hydroxylation is 2. The van der Waals surface area contributed by atoms with Crippen LogP contribution in [0, 0.1) is 13.8 Å². The van der Waals surface area contributed by atoms with Gasteiger partial charge in [0, 0.05) is 17.6 Å². The molecule has 0 radical (unpaired) electrons. The molecule has 0 fully saturated rings. The van der Waals surface area contributed by atoms with Gasteiger partial charge in [-0.15, -0.1) is 0 Å². The monoisotopic (exact) mass is 348 g/mol. The van der Waals surface area contributed by atoms with Crippen molar-refractivity contribution in [2.75, 3.05) is 17.7 Å². The Balaban J connectivity index is 1.76. The quantitative estimate of drug-likeness (QED) is 0.726. The number of rotatable bonds is 5. The van der Waals surface area contributed by atoms with Crippen molar-refractivity contribution in [1.29, 1.82) is 0 Å². The Morgan fingerprint density at radius 1 is 1.00 bits per heavy atom. The van der Waals surface area contributed by atoms with Crippen molar-refractivity contribution in [3.05, 3.63) is 71.5 Å². The van der Waals surface area contributed by atoms with Crippen LogP contribution in [0.15, 0.2) is 54.7 Å². The van der Waals surface area contributed by atoms with Crippen molar-refractivity contribution in [1.82, 2.24) is 9.97 Å². The Morgan fingerprint density at radius 3 is 2.35 bits per heavy atom. The second-order valence-corrected chi connectivity index (χ2v) is 5.84. The zero-order chi connectivity index (χ0) is 18.5. The molecule has 132 valence electrons. The van der Waals surface area contributed by atoms with Crippen molar-refractivity contribution in [2.45, 2.75) is 13.8 Å². The maximum absolute atomic E-state index is 12.4. The highest BCUT2D eigenvalue weighted by atomic mass is 16.5. The number of amides is 1. The topological polar surface area (TPSA) is 76.1 Å². The van der Waals surface area contributed by atoms with Crippen molar-refractivity contribution in [2.24, 2.45) is 0 Å². The average Bonchev–Trinajstić information content (AvgIpc) is 2.66. The van der Waals surface area contributed by atoms with Crippen molar-refractivity contribution in [3.63, 3.8) is 0 Å². The first-order chi connectivity index (χ1) is 12.6. The zero-order valence-corrected chi connectivity index (χ0v) is 14.9. The number of benzene rings is 2. The molecule has 3 rings (SSSR count). The van der Waals surface area contributed by atoms with E-state index in [9.17, 15) is 4.79 Å². The minimum atomic E-state index is -0.304. The summed E-state index contributed by atoms with van der Waals surface area (Å²) in [6.07, 6.45) is 1.56. The SMILES string of the molecule is COc1ccc(NC(=O)c2ccnc(Nc3c(C)cccc3C)n2)cc1. The number of carbonyl (C=O) groups is 1. The van der Waals surface area contributed by atoms with Gasteiger partial charge in [0.1, 0.15) is 11.4 Å².